The summed E-state index contributed by atoms with van der Waals surface area (Å²) in [7, 11) is 0. The number of amides is 2. The molecular weight excluding hydrogens is 476 g/mol. The van der Waals surface area contributed by atoms with Gasteiger partial charge in [-0.15, -0.1) is 0 Å². The monoisotopic (exact) mass is 506 g/mol. The van der Waals surface area contributed by atoms with Crippen LogP contribution in [0, 0.1) is 0 Å². The molecular formula is C32H30N2O4. The first-order valence-electron chi connectivity index (χ1n) is 12.5. The molecule has 0 radical (unpaired) electrons. The summed E-state index contributed by atoms with van der Waals surface area (Å²) >= 11 is 0. The molecule has 0 saturated heterocycles. The Hall–Kier alpha value is -4.71. The number of hydrogen-bond donors (Lipinski definition) is 2. The standard InChI is InChI=1S/C32H30N2O4/c1-3-32(27-22-14-7-15-23-27,34-29(36)25-18-10-5-11-19-25)38-30(37)31(2,26-20-12-6-13-21-26)33-28(35)24-16-8-4-9-17-24/h4-23H,3H2,1-2H3,(H,33,35)(H,34,36). The summed E-state index contributed by atoms with van der Waals surface area (Å²) in [5, 5.41) is 5.84. The lowest BCUT2D eigenvalue weighted by Crippen LogP contribution is -2.56. The van der Waals surface area contributed by atoms with Gasteiger partial charge >= 0.3 is 5.97 Å². The first-order valence-corrected chi connectivity index (χ1v) is 12.5. The van der Waals surface area contributed by atoms with Crippen LogP contribution >= 0.6 is 0 Å². The minimum absolute atomic E-state index is 0.249. The van der Waals surface area contributed by atoms with Gasteiger partial charge in [0, 0.05) is 23.1 Å². The normalized spacial score (nSPS) is 13.8. The van der Waals surface area contributed by atoms with Gasteiger partial charge in [0.1, 0.15) is 0 Å². The van der Waals surface area contributed by atoms with E-state index in [4.69, 9.17) is 4.74 Å². The van der Waals surface area contributed by atoms with Gasteiger partial charge in [-0.05, 0) is 36.8 Å². The average molecular weight is 507 g/mol. The van der Waals surface area contributed by atoms with E-state index in [1.165, 1.54) is 0 Å². The van der Waals surface area contributed by atoms with Gasteiger partial charge in [0.25, 0.3) is 11.8 Å². The number of carbonyl (C=O) groups is 3. The quantitative estimate of drug-likeness (QED) is 0.230. The van der Waals surface area contributed by atoms with Crippen molar-refractivity contribution in [3.8, 4) is 0 Å². The minimum atomic E-state index is -1.55. The minimum Gasteiger partial charge on any atom is -0.433 e. The molecule has 0 aromatic heterocycles. The molecule has 2 unspecified atom stereocenters. The average Bonchev–Trinajstić information content (AvgIpc) is 2.98. The van der Waals surface area contributed by atoms with Crippen molar-refractivity contribution in [2.24, 2.45) is 0 Å². The molecule has 0 bridgehead atoms. The van der Waals surface area contributed by atoms with Gasteiger partial charge in [0.05, 0.1) is 0 Å². The smallest absolute Gasteiger partial charge is 0.338 e. The van der Waals surface area contributed by atoms with Crippen molar-refractivity contribution in [1.82, 2.24) is 10.6 Å². The Morgan fingerprint density at radius 1 is 0.605 bits per heavy atom. The van der Waals surface area contributed by atoms with E-state index in [1.807, 2.05) is 43.3 Å². The zero-order valence-electron chi connectivity index (χ0n) is 21.4. The van der Waals surface area contributed by atoms with E-state index in [9.17, 15) is 14.4 Å². The molecule has 0 aliphatic rings. The molecule has 0 heterocycles. The van der Waals surface area contributed by atoms with Crippen LogP contribution < -0.4 is 10.6 Å². The number of nitrogens with one attached hydrogen (secondary N) is 2. The van der Waals surface area contributed by atoms with E-state index < -0.39 is 23.1 Å². The van der Waals surface area contributed by atoms with Crippen LogP contribution in [0.1, 0.15) is 52.1 Å². The number of benzene rings is 4. The number of esters is 1. The highest BCUT2D eigenvalue weighted by atomic mass is 16.6. The Bertz CT molecular complexity index is 1380. The summed E-state index contributed by atoms with van der Waals surface area (Å²) in [6.07, 6.45) is 0.249. The zero-order valence-corrected chi connectivity index (χ0v) is 21.4. The molecule has 2 N–H and O–H groups in total. The van der Waals surface area contributed by atoms with Gasteiger partial charge in [-0.25, -0.2) is 4.79 Å². The van der Waals surface area contributed by atoms with Gasteiger partial charge in [-0.2, -0.15) is 0 Å². The van der Waals surface area contributed by atoms with Gasteiger partial charge in [-0.1, -0.05) is 104 Å². The number of carbonyl (C=O) groups excluding carboxylic acids is 3. The molecule has 4 rings (SSSR count). The molecule has 6 heteroatoms. The van der Waals surface area contributed by atoms with Crippen LogP contribution in [0.4, 0.5) is 0 Å². The van der Waals surface area contributed by atoms with Crippen LogP contribution in [0.2, 0.25) is 0 Å². The largest absolute Gasteiger partial charge is 0.433 e. The number of hydrogen-bond acceptors (Lipinski definition) is 4. The maximum Gasteiger partial charge on any atom is 0.338 e. The molecule has 0 aliphatic heterocycles. The molecule has 0 saturated carbocycles. The molecule has 0 spiro atoms. The van der Waals surface area contributed by atoms with E-state index in [-0.39, 0.29) is 12.3 Å². The van der Waals surface area contributed by atoms with Crippen LogP contribution in [0.15, 0.2) is 121 Å². The SMILES string of the molecule is CCC(NC(=O)c1ccccc1)(OC(=O)C(C)(NC(=O)c1ccccc1)c1ccccc1)c1ccccc1. The van der Waals surface area contributed by atoms with Crippen LogP contribution in [-0.2, 0) is 20.8 Å². The van der Waals surface area contributed by atoms with E-state index in [0.717, 1.165) is 0 Å². The van der Waals surface area contributed by atoms with E-state index in [2.05, 4.69) is 10.6 Å². The van der Waals surface area contributed by atoms with Gasteiger partial charge in [0.15, 0.2) is 5.54 Å². The van der Waals surface area contributed by atoms with Crippen molar-refractivity contribution < 1.29 is 19.1 Å². The maximum absolute atomic E-state index is 14.1. The Morgan fingerprint density at radius 2 is 1.00 bits per heavy atom. The second-order valence-electron chi connectivity index (χ2n) is 9.07. The van der Waals surface area contributed by atoms with Crippen LogP contribution in [0.25, 0.3) is 0 Å². The Kier molecular flexibility index (Phi) is 8.02. The van der Waals surface area contributed by atoms with E-state index >= 15 is 0 Å². The highest BCUT2D eigenvalue weighted by molar-refractivity contribution is 5.99. The highest BCUT2D eigenvalue weighted by Crippen LogP contribution is 2.32. The summed E-state index contributed by atoms with van der Waals surface area (Å²) in [5.41, 5.74) is -1.06. The zero-order chi connectivity index (χ0) is 27.0. The predicted molar refractivity (Wildman–Crippen MR) is 146 cm³/mol. The van der Waals surface area contributed by atoms with Crippen molar-refractivity contribution >= 4 is 17.8 Å². The second-order valence-corrected chi connectivity index (χ2v) is 9.07. The lowest BCUT2D eigenvalue weighted by atomic mass is 9.90. The van der Waals surface area contributed by atoms with E-state index in [1.54, 1.807) is 91.9 Å². The lowest BCUT2D eigenvalue weighted by molar-refractivity contribution is -0.172. The van der Waals surface area contributed by atoms with Gasteiger partial charge < -0.3 is 15.4 Å². The number of ether oxygens (including phenoxy) is 1. The molecule has 0 aliphatic carbocycles. The summed E-state index contributed by atoms with van der Waals surface area (Å²) < 4.78 is 6.24. The van der Waals surface area contributed by atoms with Crippen molar-refractivity contribution in [3.05, 3.63) is 144 Å². The van der Waals surface area contributed by atoms with Crippen molar-refractivity contribution in [1.29, 1.82) is 0 Å². The predicted octanol–water partition coefficient (Wildman–Crippen LogP) is 5.57. The van der Waals surface area contributed by atoms with E-state index in [0.29, 0.717) is 22.3 Å². The first-order chi connectivity index (χ1) is 18.4. The third-order valence-electron chi connectivity index (χ3n) is 6.52. The lowest BCUT2D eigenvalue weighted by Gasteiger charge is -2.38. The molecule has 4 aromatic carbocycles. The molecule has 192 valence electrons. The Morgan fingerprint density at radius 3 is 1.45 bits per heavy atom. The summed E-state index contributed by atoms with van der Waals surface area (Å²) in [4.78, 5) is 40.6. The van der Waals surface area contributed by atoms with Crippen LogP contribution in [0.3, 0.4) is 0 Å². The molecule has 2 amide bonds. The van der Waals surface area contributed by atoms with Crippen LogP contribution in [-0.4, -0.2) is 17.8 Å². The first kappa shape index (κ1) is 26.4. The molecule has 2 atom stereocenters. The van der Waals surface area contributed by atoms with Crippen LogP contribution in [0.5, 0.6) is 0 Å². The topological polar surface area (TPSA) is 84.5 Å². The highest BCUT2D eigenvalue weighted by Gasteiger charge is 2.45. The summed E-state index contributed by atoms with van der Waals surface area (Å²) in [6, 6.07) is 35.4. The van der Waals surface area contributed by atoms with Crippen molar-refractivity contribution in [2.75, 3.05) is 0 Å². The Labute approximate surface area is 222 Å². The fourth-order valence-electron chi connectivity index (χ4n) is 4.24. The van der Waals surface area contributed by atoms with Crippen molar-refractivity contribution in [3.63, 3.8) is 0 Å². The second kappa shape index (κ2) is 11.6. The summed E-state index contributed by atoms with van der Waals surface area (Å²) in [5.74, 6) is -1.53. The van der Waals surface area contributed by atoms with Gasteiger partial charge in [-0.3, -0.25) is 9.59 Å². The van der Waals surface area contributed by atoms with Crippen molar-refractivity contribution in [2.45, 2.75) is 31.5 Å². The molecule has 6 nitrogen and oxygen atoms in total. The molecule has 0 fully saturated rings. The fourth-order valence-corrected chi connectivity index (χ4v) is 4.24. The summed E-state index contributed by atoms with van der Waals surface area (Å²) in [6.45, 7) is 3.43. The third-order valence-corrected chi connectivity index (χ3v) is 6.52. The number of rotatable bonds is 9. The molecule has 4 aromatic rings. The maximum atomic E-state index is 14.1. The fraction of sp³-hybridized carbons (Fsp3) is 0.156. The molecule has 38 heavy (non-hydrogen) atoms. The van der Waals surface area contributed by atoms with Gasteiger partial charge in [0.2, 0.25) is 5.72 Å². The third kappa shape index (κ3) is 5.65. The Balaban J connectivity index is 1.74.